The van der Waals surface area contributed by atoms with E-state index in [0.717, 1.165) is 66.9 Å². The molecular weight excluding hydrogens is 472 g/mol. The first-order valence-electron chi connectivity index (χ1n) is 11.4. The molecule has 1 aliphatic heterocycles. The maximum absolute atomic E-state index is 11.6. The molecule has 0 bridgehead atoms. The van der Waals surface area contributed by atoms with Crippen LogP contribution in [0.4, 0.5) is 11.5 Å². The number of aromatic nitrogens is 3. The third kappa shape index (κ3) is 5.27. The number of aliphatic hydroxyl groups is 1. The molecule has 0 amide bonds. The lowest BCUT2D eigenvalue weighted by Gasteiger charge is -2.34. The number of nitrogens with one attached hydrogen (secondary N) is 1. The number of hydrogen-bond donors (Lipinski definition) is 4. The number of hydrogen-bond acceptors (Lipinski definition) is 10. The molecule has 4 rings (SSSR count). The quantitative estimate of drug-likeness (QED) is 0.255. The van der Waals surface area contributed by atoms with Crippen LogP contribution in [0.1, 0.15) is 53.2 Å². The summed E-state index contributed by atoms with van der Waals surface area (Å²) in [6.07, 6.45) is 6.50. The monoisotopic (exact) mass is 502 g/mol. The Hall–Kier alpha value is -2.47. The van der Waals surface area contributed by atoms with Crippen LogP contribution in [0.3, 0.4) is 0 Å². The Morgan fingerprint density at radius 3 is 2.82 bits per heavy atom. The summed E-state index contributed by atoms with van der Waals surface area (Å²) in [4.78, 5) is 28.0. The molecule has 1 aliphatic rings. The smallest absolute Gasteiger partial charge is 0.348 e. The SMILES string of the molecule is CCCc1cc(N2CCC(NCC(O)c3ccnc(SC)n3)CC2)nc2sc(C(=O)O)c(N)c12. The van der Waals surface area contributed by atoms with Gasteiger partial charge in [0.05, 0.1) is 11.4 Å². The van der Waals surface area contributed by atoms with Gasteiger partial charge in [-0.2, -0.15) is 0 Å². The van der Waals surface area contributed by atoms with Crippen LogP contribution in [0.25, 0.3) is 10.2 Å². The number of anilines is 2. The van der Waals surface area contributed by atoms with Crippen molar-refractivity contribution in [3.63, 3.8) is 0 Å². The zero-order chi connectivity index (χ0) is 24.2. The first-order valence-corrected chi connectivity index (χ1v) is 13.4. The van der Waals surface area contributed by atoms with Crippen molar-refractivity contribution in [3.8, 4) is 0 Å². The molecule has 0 radical (unpaired) electrons. The lowest BCUT2D eigenvalue weighted by molar-refractivity contribution is 0.0703. The van der Waals surface area contributed by atoms with E-state index in [1.54, 1.807) is 12.3 Å². The zero-order valence-electron chi connectivity index (χ0n) is 19.3. The van der Waals surface area contributed by atoms with E-state index in [-0.39, 0.29) is 4.88 Å². The van der Waals surface area contributed by atoms with Crippen LogP contribution < -0.4 is 16.0 Å². The minimum atomic E-state index is -1.01. The van der Waals surface area contributed by atoms with E-state index < -0.39 is 12.1 Å². The van der Waals surface area contributed by atoms with Gasteiger partial charge < -0.3 is 26.2 Å². The number of pyridine rings is 1. The van der Waals surface area contributed by atoms with Gasteiger partial charge in [-0.1, -0.05) is 25.1 Å². The number of piperidine rings is 1. The first-order chi connectivity index (χ1) is 16.4. The van der Waals surface area contributed by atoms with Crippen molar-refractivity contribution in [3.05, 3.63) is 34.5 Å². The van der Waals surface area contributed by atoms with Crippen molar-refractivity contribution >= 4 is 50.8 Å². The molecule has 34 heavy (non-hydrogen) atoms. The van der Waals surface area contributed by atoms with E-state index in [1.165, 1.54) is 11.8 Å². The van der Waals surface area contributed by atoms with Gasteiger partial charge in [0.2, 0.25) is 0 Å². The molecule has 11 heteroatoms. The van der Waals surface area contributed by atoms with Crippen LogP contribution in [-0.2, 0) is 6.42 Å². The maximum Gasteiger partial charge on any atom is 0.348 e. The fourth-order valence-electron chi connectivity index (χ4n) is 4.31. The predicted octanol–water partition coefficient (Wildman–Crippen LogP) is 3.33. The van der Waals surface area contributed by atoms with Crippen LogP contribution in [0.5, 0.6) is 0 Å². The van der Waals surface area contributed by atoms with Crippen molar-refractivity contribution < 1.29 is 15.0 Å². The molecule has 1 unspecified atom stereocenters. The van der Waals surface area contributed by atoms with Crippen LogP contribution in [0.15, 0.2) is 23.5 Å². The zero-order valence-corrected chi connectivity index (χ0v) is 21.0. The van der Waals surface area contributed by atoms with Crippen LogP contribution >= 0.6 is 23.1 Å². The Kier molecular flexibility index (Phi) is 7.87. The number of carboxylic acids is 1. The third-order valence-electron chi connectivity index (χ3n) is 6.08. The summed E-state index contributed by atoms with van der Waals surface area (Å²) >= 11 is 2.60. The minimum absolute atomic E-state index is 0.159. The van der Waals surface area contributed by atoms with E-state index in [1.807, 2.05) is 6.26 Å². The van der Waals surface area contributed by atoms with E-state index in [0.29, 0.717) is 34.0 Å². The molecule has 4 heterocycles. The van der Waals surface area contributed by atoms with Crippen LogP contribution in [-0.4, -0.2) is 63.1 Å². The number of nitrogens with zero attached hydrogens (tertiary/aromatic N) is 4. The van der Waals surface area contributed by atoms with E-state index in [4.69, 9.17) is 10.7 Å². The topological polar surface area (TPSA) is 137 Å². The van der Waals surface area contributed by atoms with Gasteiger partial charge in [-0.3, -0.25) is 0 Å². The molecule has 9 nitrogen and oxygen atoms in total. The van der Waals surface area contributed by atoms with Gasteiger partial charge in [0.1, 0.15) is 21.6 Å². The van der Waals surface area contributed by atoms with Crippen molar-refractivity contribution in [1.82, 2.24) is 20.3 Å². The number of aliphatic hydroxyl groups excluding tert-OH is 1. The number of fused-ring (bicyclic) bond motifs is 1. The number of carboxylic acid groups (broad SMARTS) is 1. The van der Waals surface area contributed by atoms with E-state index >= 15 is 0 Å². The van der Waals surface area contributed by atoms with Crippen molar-refractivity contribution in [2.45, 2.75) is 49.9 Å². The average molecular weight is 503 g/mol. The summed E-state index contributed by atoms with van der Waals surface area (Å²) in [7, 11) is 0. The molecule has 3 aromatic heterocycles. The number of thioether (sulfide) groups is 1. The molecule has 1 fully saturated rings. The molecule has 0 aliphatic carbocycles. The van der Waals surface area contributed by atoms with Crippen molar-refractivity contribution in [2.75, 3.05) is 36.5 Å². The van der Waals surface area contributed by atoms with Gasteiger partial charge in [0, 0.05) is 37.3 Å². The second kappa shape index (κ2) is 10.9. The number of thiophene rings is 1. The largest absolute Gasteiger partial charge is 0.477 e. The summed E-state index contributed by atoms with van der Waals surface area (Å²) < 4.78 is 0. The third-order valence-corrected chi connectivity index (χ3v) is 7.73. The highest BCUT2D eigenvalue weighted by Gasteiger charge is 2.24. The van der Waals surface area contributed by atoms with Gasteiger partial charge in [0.15, 0.2) is 5.16 Å². The summed E-state index contributed by atoms with van der Waals surface area (Å²) in [5, 5.41) is 24.9. The van der Waals surface area contributed by atoms with E-state index in [2.05, 4.69) is 33.2 Å². The number of nitrogen functional groups attached to an aromatic ring is 1. The number of rotatable bonds is 9. The van der Waals surface area contributed by atoms with Gasteiger partial charge in [0.25, 0.3) is 0 Å². The molecular formula is C23H30N6O3S2. The number of nitrogens with two attached hydrogens (primary N) is 1. The van der Waals surface area contributed by atoms with Crippen LogP contribution in [0.2, 0.25) is 0 Å². The molecule has 0 aromatic carbocycles. The summed E-state index contributed by atoms with van der Waals surface area (Å²) in [6.45, 7) is 4.19. The summed E-state index contributed by atoms with van der Waals surface area (Å²) in [6, 6.07) is 4.11. The highest BCUT2D eigenvalue weighted by atomic mass is 32.2. The predicted molar refractivity (Wildman–Crippen MR) is 137 cm³/mol. The fourth-order valence-corrected chi connectivity index (χ4v) is 5.64. The molecule has 1 atom stereocenters. The Morgan fingerprint density at radius 2 is 2.15 bits per heavy atom. The lowest BCUT2D eigenvalue weighted by atomic mass is 10.0. The van der Waals surface area contributed by atoms with Gasteiger partial charge in [-0.15, -0.1) is 11.3 Å². The molecule has 1 saturated heterocycles. The molecule has 0 saturated carbocycles. The van der Waals surface area contributed by atoms with Crippen LogP contribution in [0, 0.1) is 0 Å². The van der Waals surface area contributed by atoms with Crippen molar-refractivity contribution in [2.24, 2.45) is 0 Å². The van der Waals surface area contributed by atoms with Gasteiger partial charge in [-0.05, 0) is 43.2 Å². The normalized spacial score (nSPS) is 15.7. The Balaban J connectivity index is 1.41. The Labute approximate surface area is 206 Å². The maximum atomic E-state index is 11.6. The number of aryl methyl sites for hydroxylation is 1. The second-order valence-corrected chi connectivity index (χ2v) is 10.1. The number of aromatic carboxylic acids is 1. The highest BCUT2D eigenvalue weighted by molar-refractivity contribution is 7.98. The second-order valence-electron chi connectivity index (χ2n) is 8.37. The summed E-state index contributed by atoms with van der Waals surface area (Å²) in [5.74, 6) is -0.136. The fraction of sp³-hybridized carbons (Fsp3) is 0.478. The number of carbonyl (C=O) groups is 1. The lowest BCUT2D eigenvalue weighted by Crippen LogP contribution is -2.44. The van der Waals surface area contributed by atoms with Crippen molar-refractivity contribution in [1.29, 1.82) is 0 Å². The van der Waals surface area contributed by atoms with Gasteiger partial charge >= 0.3 is 5.97 Å². The average Bonchev–Trinajstić information content (AvgIpc) is 3.20. The Bertz CT molecular complexity index is 1160. The highest BCUT2D eigenvalue weighted by Crippen LogP contribution is 2.37. The molecule has 182 valence electrons. The summed E-state index contributed by atoms with van der Waals surface area (Å²) in [5.41, 5.74) is 8.18. The minimum Gasteiger partial charge on any atom is -0.477 e. The Morgan fingerprint density at radius 1 is 1.38 bits per heavy atom. The van der Waals surface area contributed by atoms with E-state index in [9.17, 15) is 15.0 Å². The molecule has 3 aromatic rings. The standard InChI is InChI=1S/C23H30N6O3S2/c1-3-4-13-11-17(28-21-18(13)19(24)20(34-21)22(31)32)29-9-6-14(7-10-29)26-12-16(30)15-5-8-25-23(27-15)33-2/h5,8,11,14,16,26,30H,3-4,6-7,9-10,12,24H2,1-2H3,(H,31,32). The van der Waals surface area contributed by atoms with Gasteiger partial charge in [-0.25, -0.2) is 19.7 Å². The first kappa shape index (κ1) is 24.6. The molecule has 5 N–H and O–H groups in total. The molecule has 0 spiro atoms.